The first-order chi connectivity index (χ1) is 8.57. The summed E-state index contributed by atoms with van der Waals surface area (Å²) in [5, 5.41) is 0. The quantitative estimate of drug-likeness (QED) is 0.687. The van der Waals surface area contributed by atoms with Gasteiger partial charge in [0.1, 0.15) is 5.75 Å². The molecule has 0 amide bonds. The highest BCUT2D eigenvalue weighted by atomic mass is 35.5. The summed E-state index contributed by atoms with van der Waals surface area (Å²) in [6.07, 6.45) is 5.79. The Labute approximate surface area is 113 Å². The molecule has 0 heterocycles. The average Bonchev–Trinajstić information content (AvgIpc) is 2.36. The van der Waals surface area contributed by atoms with Crippen molar-refractivity contribution in [2.45, 2.75) is 39.0 Å². The minimum atomic E-state index is -4.14. The minimum Gasteiger partial charge on any atom is -0.361 e. The molecule has 1 aromatic rings. The molecule has 0 aliphatic heterocycles. The van der Waals surface area contributed by atoms with Gasteiger partial charge in [-0.25, -0.2) is 0 Å². The maximum absolute atomic E-state index is 10.9. The van der Waals surface area contributed by atoms with Gasteiger partial charge < -0.3 is 4.18 Å². The van der Waals surface area contributed by atoms with E-state index >= 15 is 0 Å². The summed E-state index contributed by atoms with van der Waals surface area (Å²) in [5.41, 5.74) is 1.16. The summed E-state index contributed by atoms with van der Waals surface area (Å²) in [6, 6.07) is 6.85. The van der Waals surface area contributed by atoms with Crippen molar-refractivity contribution < 1.29 is 16.3 Å². The zero-order valence-electron chi connectivity index (χ0n) is 10.3. The summed E-state index contributed by atoms with van der Waals surface area (Å²) in [7, 11) is -4.14. The van der Waals surface area contributed by atoms with Crippen LogP contribution in [0.15, 0.2) is 24.3 Å². The molecule has 1 rings (SSSR count). The largest absolute Gasteiger partial charge is 0.465 e. The molecule has 0 fully saturated rings. The Morgan fingerprint density at radius 2 is 1.78 bits per heavy atom. The molecule has 0 bridgehead atoms. The number of hydrogen-bond acceptors (Lipinski definition) is 4. The molecule has 0 atom stereocenters. The average molecular weight is 293 g/mol. The molecule has 0 aliphatic carbocycles. The number of hydrogen-bond donors (Lipinski definition) is 0. The zero-order chi connectivity index (χ0) is 13.4. The van der Waals surface area contributed by atoms with Gasteiger partial charge >= 0.3 is 10.4 Å². The van der Waals surface area contributed by atoms with Gasteiger partial charge in [-0.15, -0.1) is 3.74 Å². The Morgan fingerprint density at radius 1 is 1.11 bits per heavy atom. The molecular weight excluding hydrogens is 276 g/mol. The van der Waals surface area contributed by atoms with Crippen LogP contribution in [0.25, 0.3) is 0 Å². The van der Waals surface area contributed by atoms with Crippen molar-refractivity contribution in [1.29, 1.82) is 0 Å². The van der Waals surface area contributed by atoms with E-state index in [1.807, 2.05) is 12.1 Å². The molecule has 0 saturated heterocycles. The van der Waals surface area contributed by atoms with E-state index in [1.54, 1.807) is 12.1 Å². The molecule has 1 aromatic carbocycles. The summed E-state index contributed by atoms with van der Waals surface area (Å²) in [5.74, 6) is 0.188. The Hall–Kier alpha value is -0.780. The highest BCUT2D eigenvalue weighted by Gasteiger charge is 2.12. The first kappa shape index (κ1) is 15.3. The van der Waals surface area contributed by atoms with Gasteiger partial charge in [0.05, 0.1) is 11.9 Å². The normalized spacial score (nSPS) is 11.4. The number of halogens is 1. The third kappa shape index (κ3) is 5.71. The lowest BCUT2D eigenvalue weighted by molar-refractivity contribution is 0.406. The van der Waals surface area contributed by atoms with Crippen LogP contribution in [0.5, 0.6) is 5.75 Å². The molecule has 0 spiro atoms. The van der Waals surface area contributed by atoms with Gasteiger partial charge in [-0.3, -0.25) is 0 Å². The Bertz CT molecular complexity index is 442. The van der Waals surface area contributed by atoms with Crippen molar-refractivity contribution in [3.05, 3.63) is 29.8 Å². The standard InChI is InChI=1S/C12H17ClO4S/c1-2-3-4-5-6-11-7-9-12(10-8-11)16-18(14,15)17-13/h7-10H,2-6H2,1H3. The van der Waals surface area contributed by atoms with Gasteiger partial charge in [0.2, 0.25) is 0 Å². The maximum Gasteiger partial charge on any atom is 0.465 e. The van der Waals surface area contributed by atoms with Gasteiger partial charge in [-0.05, 0) is 30.5 Å². The fraction of sp³-hybridized carbons (Fsp3) is 0.500. The number of unbranched alkanes of at least 4 members (excludes halogenated alkanes) is 3. The van der Waals surface area contributed by atoms with E-state index in [0.717, 1.165) is 18.4 Å². The molecule has 0 saturated carbocycles. The van der Waals surface area contributed by atoms with E-state index in [-0.39, 0.29) is 5.75 Å². The van der Waals surface area contributed by atoms with Crippen molar-refractivity contribution in [3.63, 3.8) is 0 Å². The van der Waals surface area contributed by atoms with Crippen molar-refractivity contribution in [2.75, 3.05) is 0 Å². The highest BCUT2D eigenvalue weighted by Crippen LogP contribution is 2.17. The second-order valence-electron chi connectivity index (χ2n) is 4.01. The van der Waals surface area contributed by atoms with Crippen molar-refractivity contribution >= 4 is 22.3 Å². The van der Waals surface area contributed by atoms with Gasteiger partial charge in [0.25, 0.3) is 0 Å². The lowest BCUT2D eigenvalue weighted by atomic mass is 10.1. The summed E-state index contributed by atoms with van der Waals surface area (Å²) in [4.78, 5) is 0. The summed E-state index contributed by atoms with van der Waals surface area (Å²) in [6.45, 7) is 2.17. The molecule has 6 heteroatoms. The Morgan fingerprint density at radius 3 is 2.33 bits per heavy atom. The van der Waals surface area contributed by atoms with Gasteiger partial charge in [-0.2, -0.15) is 8.42 Å². The predicted molar refractivity (Wildman–Crippen MR) is 70.8 cm³/mol. The fourth-order valence-electron chi connectivity index (χ4n) is 1.60. The van der Waals surface area contributed by atoms with Crippen LogP contribution in [0, 0.1) is 0 Å². The van der Waals surface area contributed by atoms with E-state index in [0.29, 0.717) is 0 Å². The van der Waals surface area contributed by atoms with E-state index in [2.05, 4.69) is 14.8 Å². The summed E-state index contributed by atoms with van der Waals surface area (Å²) < 4.78 is 30.1. The van der Waals surface area contributed by atoms with Crippen LogP contribution in [0.1, 0.15) is 38.2 Å². The van der Waals surface area contributed by atoms with Crippen molar-refractivity contribution in [1.82, 2.24) is 0 Å². The van der Waals surface area contributed by atoms with E-state index in [4.69, 9.17) is 11.9 Å². The third-order valence-corrected chi connectivity index (χ3v) is 3.53. The molecule has 18 heavy (non-hydrogen) atoms. The molecular formula is C12H17ClO4S. The van der Waals surface area contributed by atoms with Crippen molar-refractivity contribution in [3.8, 4) is 5.75 Å². The molecule has 0 unspecified atom stereocenters. The number of benzene rings is 1. The van der Waals surface area contributed by atoms with Crippen LogP contribution < -0.4 is 4.18 Å². The molecule has 0 aliphatic rings. The predicted octanol–water partition coefficient (Wildman–Crippen LogP) is 3.60. The lowest BCUT2D eigenvalue weighted by Gasteiger charge is -2.04. The molecule has 102 valence electrons. The molecule has 0 aromatic heterocycles. The maximum atomic E-state index is 10.9. The number of aryl methyl sites for hydroxylation is 1. The SMILES string of the molecule is CCCCCCc1ccc(OS(=O)(=O)OCl)cc1. The van der Waals surface area contributed by atoms with E-state index in [9.17, 15) is 8.42 Å². The minimum absolute atomic E-state index is 0.188. The third-order valence-electron chi connectivity index (χ3n) is 2.52. The van der Waals surface area contributed by atoms with Crippen molar-refractivity contribution in [2.24, 2.45) is 0 Å². The second kappa shape index (κ2) is 7.61. The summed E-state index contributed by atoms with van der Waals surface area (Å²) >= 11 is 4.76. The van der Waals surface area contributed by atoms with Crippen LogP contribution in [0.4, 0.5) is 0 Å². The lowest BCUT2D eigenvalue weighted by Crippen LogP contribution is -2.08. The van der Waals surface area contributed by atoms with E-state index < -0.39 is 10.4 Å². The van der Waals surface area contributed by atoms with Crippen LogP contribution in [0.2, 0.25) is 0 Å². The highest BCUT2D eigenvalue weighted by molar-refractivity contribution is 7.82. The van der Waals surface area contributed by atoms with Crippen LogP contribution in [-0.2, 0) is 20.6 Å². The second-order valence-corrected chi connectivity index (χ2v) is 5.50. The first-order valence-electron chi connectivity index (χ1n) is 5.91. The topological polar surface area (TPSA) is 52.6 Å². The first-order valence-corrected chi connectivity index (χ1v) is 7.55. The zero-order valence-corrected chi connectivity index (χ0v) is 11.8. The Kier molecular flexibility index (Phi) is 6.46. The fourth-order valence-corrected chi connectivity index (χ4v) is 2.05. The van der Waals surface area contributed by atoms with Crippen LogP contribution in [-0.4, -0.2) is 8.42 Å². The smallest absolute Gasteiger partial charge is 0.361 e. The Balaban J connectivity index is 2.47. The van der Waals surface area contributed by atoms with Gasteiger partial charge in [-0.1, -0.05) is 38.3 Å². The van der Waals surface area contributed by atoms with Gasteiger partial charge in [0, 0.05) is 0 Å². The molecule has 4 nitrogen and oxygen atoms in total. The number of rotatable bonds is 8. The van der Waals surface area contributed by atoms with E-state index in [1.165, 1.54) is 19.3 Å². The molecule has 0 radical (unpaired) electrons. The van der Waals surface area contributed by atoms with Gasteiger partial charge in [0.15, 0.2) is 0 Å². The molecule has 0 N–H and O–H groups in total. The van der Waals surface area contributed by atoms with Crippen LogP contribution in [0.3, 0.4) is 0 Å². The van der Waals surface area contributed by atoms with Crippen LogP contribution >= 0.6 is 11.9 Å². The monoisotopic (exact) mass is 292 g/mol.